The zero-order chi connectivity index (χ0) is 49.5. The fourth-order valence-electron chi connectivity index (χ4n) is 7.10. The van der Waals surface area contributed by atoms with Crippen LogP contribution in [0.5, 0.6) is 0 Å². The van der Waals surface area contributed by atoms with Crippen LogP contribution in [0.2, 0.25) is 0 Å². The largest absolute Gasteiger partial charge is 0.480 e. The van der Waals surface area contributed by atoms with Crippen molar-refractivity contribution in [3.05, 3.63) is 130 Å². The van der Waals surface area contributed by atoms with Crippen molar-refractivity contribution in [2.75, 3.05) is 26.4 Å². The van der Waals surface area contributed by atoms with Gasteiger partial charge in [0, 0.05) is 18.6 Å². The van der Waals surface area contributed by atoms with Crippen molar-refractivity contribution in [1.82, 2.24) is 16.0 Å². The number of carboxylic acids is 1. The number of esters is 1. The molecule has 65 heavy (non-hydrogen) atoms. The molecule has 4 atom stereocenters. The molecule has 2 aliphatic rings. The van der Waals surface area contributed by atoms with Crippen LogP contribution in [-0.4, -0.2) is 96.6 Å². The molecule has 5 N–H and O–H groups in total. The van der Waals surface area contributed by atoms with Gasteiger partial charge >= 0.3 is 11.9 Å². The third kappa shape index (κ3) is 20.7. The van der Waals surface area contributed by atoms with E-state index in [1.807, 2.05) is 101 Å². The second kappa shape index (κ2) is 28.6. The molecule has 2 aliphatic carbocycles. The van der Waals surface area contributed by atoms with Gasteiger partial charge in [-0.15, -0.1) is 0 Å². The average molecular weight is 916 g/mol. The molecule has 0 fully saturated rings. The first-order chi connectivity index (χ1) is 30.4. The van der Waals surface area contributed by atoms with Gasteiger partial charge in [-0.25, -0.2) is 0 Å². The molecule has 0 aliphatic heterocycles. The van der Waals surface area contributed by atoms with E-state index in [9.17, 15) is 33.9 Å². The van der Waals surface area contributed by atoms with Gasteiger partial charge in [0.15, 0.2) is 17.7 Å². The number of rotatable bonds is 21. The number of Topliss-reactive ketones (excluding diaryl/α,β-unsaturated/α-hetero) is 2. The summed E-state index contributed by atoms with van der Waals surface area (Å²) in [7, 11) is 3.18. The van der Waals surface area contributed by atoms with Gasteiger partial charge in [-0.3, -0.25) is 24.0 Å². The van der Waals surface area contributed by atoms with Crippen molar-refractivity contribution < 1.29 is 43.7 Å². The van der Waals surface area contributed by atoms with Gasteiger partial charge in [-0.1, -0.05) is 135 Å². The second-order valence-electron chi connectivity index (χ2n) is 17.6. The summed E-state index contributed by atoms with van der Waals surface area (Å²) in [6.07, 6.45) is 28.4. The summed E-state index contributed by atoms with van der Waals surface area (Å²) in [5.74, 6) is -1.87. The summed E-state index contributed by atoms with van der Waals surface area (Å²) in [5.41, 5.74) is 7.00. The highest BCUT2D eigenvalue weighted by Crippen LogP contribution is 2.41. The first-order valence-electron chi connectivity index (χ1n) is 21.8. The fourth-order valence-corrected chi connectivity index (χ4v) is 7.28. The van der Waals surface area contributed by atoms with Crippen molar-refractivity contribution in [3.8, 4) is 0 Å². The van der Waals surface area contributed by atoms with E-state index in [-0.39, 0.29) is 53.4 Å². The second-order valence-corrected chi connectivity index (χ2v) is 18.0. The highest BCUT2D eigenvalue weighted by atomic mass is 32.1. The number of hydrogen-bond acceptors (Lipinski definition) is 11. The number of amides is 1. The van der Waals surface area contributed by atoms with Crippen LogP contribution in [0.1, 0.15) is 94.9 Å². The minimum Gasteiger partial charge on any atom is -0.480 e. The molecule has 0 spiro atoms. The summed E-state index contributed by atoms with van der Waals surface area (Å²) < 4.78 is 5.44. The first-order valence-corrected chi connectivity index (χ1v) is 22.4. The Morgan fingerprint density at radius 3 is 1.68 bits per heavy atom. The number of aliphatic carboxylic acids is 1. The maximum Gasteiger partial charge on any atom is 0.320 e. The van der Waals surface area contributed by atoms with E-state index >= 15 is 0 Å². The Labute approximate surface area is 392 Å². The molecule has 0 bridgehead atoms. The van der Waals surface area contributed by atoms with Crippen LogP contribution < -0.4 is 16.0 Å². The quantitative estimate of drug-likeness (QED) is 0.0286. The SMILES string of the molecule is CNC(CCC(=O)NC(C=O)CS)C(=O)O.CNCC(=O)OC1CC(C)(C)C(/C=C/C(C)=C/C=C/C(C)=C/C=C/C=C(C)/C=C/C=C(C)/C=C/C2=C(C)C(=O)C(O)CC2(C)C)=C(C)C1=O. The van der Waals surface area contributed by atoms with Gasteiger partial charge in [-0.2, -0.15) is 12.6 Å². The Bertz CT molecular complexity index is 2070. The lowest BCUT2D eigenvalue weighted by atomic mass is 9.71. The maximum absolute atomic E-state index is 12.9. The van der Waals surface area contributed by atoms with Crippen LogP contribution >= 0.6 is 12.6 Å². The van der Waals surface area contributed by atoms with Crippen molar-refractivity contribution in [2.24, 2.45) is 10.8 Å². The number of aliphatic hydroxyl groups is 1. The van der Waals surface area contributed by atoms with E-state index < -0.39 is 36.2 Å². The zero-order valence-corrected chi connectivity index (χ0v) is 41.3. The van der Waals surface area contributed by atoms with Gasteiger partial charge in [0.1, 0.15) is 18.4 Å². The van der Waals surface area contributed by atoms with E-state index in [1.54, 1.807) is 14.0 Å². The van der Waals surface area contributed by atoms with Crippen molar-refractivity contribution >= 4 is 48.3 Å². The fraction of sp³-hybridized carbons (Fsp3) is 0.462. The van der Waals surface area contributed by atoms with E-state index in [4.69, 9.17) is 9.84 Å². The van der Waals surface area contributed by atoms with Crippen LogP contribution in [-0.2, 0) is 33.5 Å². The summed E-state index contributed by atoms with van der Waals surface area (Å²) >= 11 is 3.88. The van der Waals surface area contributed by atoms with Crippen LogP contribution in [0.25, 0.3) is 0 Å². The number of ether oxygens (including phenoxy) is 1. The third-order valence-electron chi connectivity index (χ3n) is 10.9. The monoisotopic (exact) mass is 916 g/mol. The Kier molecular flexibility index (Phi) is 25.5. The number of thiol groups is 1. The highest BCUT2D eigenvalue weighted by Gasteiger charge is 2.40. The first kappa shape index (κ1) is 57.8. The normalized spacial score (nSPS) is 20.8. The Morgan fingerprint density at radius 1 is 0.769 bits per heavy atom. The highest BCUT2D eigenvalue weighted by molar-refractivity contribution is 7.80. The molecule has 2 rings (SSSR count). The van der Waals surface area contributed by atoms with Crippen molar-refractivity contribution in [1.29, 1.82) is 0 Å². The molecule has 0 saturated carbocycles. The molecule has 356 valence electrons. The number of ketones is 2. The Balaban J connectivity index is 0.00000112. The lowest BCUT2D eigenvalue weighted by Gasteiger charge is -2.36. The van der Waals surface area contributed by atoms with Gasteiger partial charge in [0.2, 0.25) is 5.91 Å². The van der Waals surface area contributed by atoms with Gasteiger partial charge in [0.25, 0.3) is 0 Å². The van der Waals surface area contributed by atoms with Crippen LogP contribution in [0, 0.1) is 10.8 Å². The molecule has 4 unspecified atom stereocenters. The molecule has 0 aromatic heterocycles. The topological polar surface area (TPSA) is 188 Å². The molecule has 1 amide bonds. The average Bonchev–Trinajstić information content (AvgIpc) is 3.22. The van der Waals surface area contributed by atoms with Gasteiger partial charge in [0.05, 0.1) is 12.6 Å². The van der Waals surface area contributed by atoms with Gasteiger partial charge < -0.3 is 35.7 Å². The number of allylic oxidation sites excluding steroid dienone is 20. The number of aliphatic hydroxyl groups excluding tert-OH is 1. The maximum atomic E-state index is 12.9. The Morgan fingerprint density at radius 2 is 1.23 bits per heavy atom. The number of carboxylic acid groups (broad SMARTS) is 1. The van der Waals surface area contributed by atoms with E-state index in [2.05, 4.69) is 74.5 Å². The lowest BCUT2D eigenvalue weighted by Crippen LogP contribution is -2.40. The molecule has 0 aromatic carbocycles. The number of carbonyl (C=O) groups excluding carboxylic acids is 5. The smallest absolute Gasteiger partial charge is 0.320 e. The van der Waals surface area contributed by atoms with Crippen LogP contribution in [0.3, 0.4) is 0 Å². The minimum absolute atomic E-state index is 0.0515. The summed E-state index contributed by atoms with van der Waals surface area (Å²) in [5, 5.41) is 26.5. The zero-order valence-electron chi connectivity index (χ0n) is 40.4. The summed E-state index contributed by atoms with van der Waals surface area (Å²) in [6, 6.07) is -1.37. The lowest BCUT2D eigenvalue weighted by molar-refractivity contribution is -0.155. The number of aldehydes is 1. The third-order valence-corrected chi connectivity index (χ3v) is 11.3. The number of nitrogens with one attached hydrogen (secondary N) is 3. The number of likely N-dealkylation sites (N-methyl/N-ethyl adjacent to an activating group) is 2. The van der Waals surface area contributed by atoms with Gasteiger partial charge in [-0.05, 0) is 102 Å². The number of carbonyl (C=O) groups is 6. The predicted octanol–water partition coefficient (Wildman–Crippen LogP) is 7.73. The van der Waals surface area contributed by atoms with Crippen molar-refractivity contribution in [3.63, 3.8) is 0 Å². The molecular formula is C52H73N3O9S. The molecule has 12 nitrogen and oxygen atoms in total. The van der Waals surface area contributed by atoms with E-state index in [0.717, 1.165) is 33.4 Å². The molecule has 0 saturated heterocycles. The standard InChI is InChI=1S/C43H57NO5.C9H16N2O4S/c1-29(18-14-20-31(3)22-24-35-33(5)40(47)37(45)26-42(35,7)8)16-12-13-17-30(2)19-15-21-32(4)23-25-36-34(6)41(48)38(27-43(36,9)10)49-39(46)28-44-11;1-10-7(9(14)15)2-3-8(13)11-6(4-12)5-16/h12-25,37-38,44-45H,26-28H2,1-11H3;4,6-7,10,16H,2-3,5H2,1H3,(H,11,13)(H,14,15)/b13-12+,18-14+,19-15+,24-22+,25-23+,29-16+,30-17+,31-20+,32-21+;. The molecule has 0 heterocycles. The minimum atomic E-state index is -1.00. The van der Waals surface area contributed by atoms with Crippen molar-refractivity contribution in [2.45, 2.75) is 119 Å². The van der Waals surface area contributed by atoms with Crippen LogP contribution in [0.15, 0.2) is 130 Å². The molecule has 13 heteroatoms. The summed E-state index contributed by atoms with van der Waals surface area (Å²) in [6.45, 7) is 20.1. The van der Waals surface area contributed by atoms with E-state index in [1.165, 1.54) is 7.05 Å². The molecule has 0 radical (unpaired) electrons. The van der Waals surface area contributed by atoms with E-state index in [0.29, 0.717) is 30.3 Å². The predicted molar refractivity (Wildman–Crippen MR) is 264 cm³/mol. The molecule has 0 aromatic rings. The molecular weight excluding hydrogens is 843 g/mol. The number of hydrogen-bond donors (Lipinski definition) is 6. The Hall–Kier alpha value is -5.21. The summed E-state index contributed by atoms with van der Waals surface area (Å²) in [4.78, 5) is 69.4. The van der Waals surface area contributed by atoms with Crippen LogP contribution in [0.4, 0.5) is 0 Å².